The number of nitrogens with zero attached hydrogens (tertiary/aromatic N) is 3. The quantitative estimate of drug-likeness (QED) is 0.421. The van der Waals surface area contributed by atoms with Crippen molar-refractivity contribution in [3.8, 4) is 5.75 Å². The van der Waals surface area contributed by atoms with E-state index in [0.717, 1.165) is 10.0 Å². The number of benzene rings is 2. The number of nitro groups is 1. The van der Waals surface area contributed by atoms with Crippen LogP contribution in [0.5, 0.6) is 5.75 Å². The molecule has 2 aromatic carbocycles. The molecule has 0 aliphatic heterocycles. The number of hydrogen-bond acceptors (Lipinski definition) is 7. The Hall–Kier alpha value is -3.20. The van der Waals surface area contributed by atoms with E-state index in [-0.39, 0.29) is 17.3 Å². The summed E-state index contributed by atoms with van der Waals surface area (Å²) in [7, 11) is 1.53. The first-order chi connectivity index (χ1) is 13.0. The number of ether oxygens (including phenoxy) is 1. The van der Waals surface area contributed by atoms with Crippen molar-refractivity contribution in [2.45, 2.75) is 6.92 Å². The van der Waals surface area contributed by atoms with Gasteiger partial charge in [0.1, 0.15) is 12.1 Å². The van der Waals surface area contributed by atoms with Crippen molar-refractivity contribution in [1.82, 2.24) is 9.97 Å². The third kappa shape index (κ3) is 4.32. The van der Waals surface area contributed by atoms with E-state index in [0.29, 0.717) is 17.1 Å². The standard InChI is InChI=1S/C18H16BrN5O3/c1-11-6-7-15(27-2)14(8-11)23-18-16(24(25)26)17(20-10-21-18)22-13-5-3-4-12(19)9-13/h3-10H,1-2H3,(H2,20,21,22,23). The molecule has 0 saturated carbocycles. The minimum absolute atomic E-state index is 0.0661. The van der Waals surface area contributed by atoms with Crippen LogP contribution in [0.25, 0.3) is 0 Å². The monoisotopic (exact) mass is 429 g/mol. The van der Waals surface area contributed by atoms with Crippen molar-refractivity contribution < 1.29 is 9.66 Å². The topological polar surface area (TPSA) is 102 Å². The van der Waals surface area contributed by atoms with E-state index in [1.807, 2.05) is 31.2 Å². The molecule has 0 amide bonds. The van der Waals surface area contributed by atoms with Crippen LogP contribution in [0.2, 0.25) is 0 Å². The average Bonchev–Trinajstić information content (AvgIpc) is 2.62. The maximum absolute atomic E-state index is 11.7. The molecule has 3 aromatic rings. The van der Waals surface area contributed by atoms with Gasteiger partial charge in [0, 0.05) is 10.2 Å². The van der Waals surface area contributed by atoms with Crippen LogP contribution in [0.15, 0.2) is 53.3 Å². The number of halogens is 1. The van der Waals surface area contributed by atoms with Crippen molar-refractivity contribution in [2.24, 2.45) is 0 Å². The van der Waals surface area contributed by atoms with Gasteiger partial charge in [-0.3, -0.25) is 10.1 Å². The lowest BCUT2D eigenvalue weighted by Gasteiger charge is -2.13. The fourth-order valence-corrected chi connectivity index (χ4v) is 2.88. The van der Waals surface area contributed by atoms with Gasteiger partial charge in [-0.15, -0.1) is 0 Å². The summed E-state index contributed by atoms with van der Waals surface area (Å²) in [6, 6.07) is 12.7. The van der Waals surface area contributed by atoms with Gasteiger partial charge in [-0.25, -0.2) is 9.97 Å². The average molecular weight is 430 g/mol. The van der Waals surface area contributed by atoms with Crippen molar-refractivity contribution >= 4 is 44.6 Å². The van der Waals surface area contributed by atoms with Crippen molar-refractivity contribution in [2.75, 3.05) is 17.7 Å². The number of nitrogens with one attached hydrogen (secondary N) is 2. The van der Waals surface area contributed by atoms with Crippen LogP contribution in [-0.4, -0.2) is 22.0 Å². The molecule has 27 heavy (non-hydrogen) atoms. The third-order valence-corrected chi connectivity index (χ3v) is 4.19. The fraction of sp³-hybridized carbons (Fsp3) is 0.111. The lowest BCUT2D eigenvalue weighted by atomic mass is 10.2. The van der Waals surface area contributed by atoms with Gasteiger partial charge in [0.15, 0.2) is 0 Å². The summed E-state index contributed by atoms with van der Waals surface area (Å²) in [5, 5.41) is 17.7. The zero-order valence-electron chi connectivity index (χ0n) is 14.6. The first kappa shape index (κ1) is 18.6. The molecule has 0 unspecified atom stereocenters. The van der Waals surface area contributed by atoms with Crippen LogP contribution in [0.1, 0.15) is 5.56 Å². The van der Waals surface area contributed by atoms with E-state index in [1.165, 1.54) is 13.4 Å². The first-order valence-corrected chi connectivity index (χ1v) is 8.71. The van der Waals surface area contributed by atoms with E-state index in [9.17, 15) is 10.1 Å². The van der Waals surface area contributed by atoms with E-state index in [4.69, 9.17) is 4.74 Å². The van der Waals surface area contributed by atoms with Crippen molar-refractivity contribution in [3.05, 3.63) is 68.9 Å². The number of aromatic nitrogens is 2. The Morgan fingerprint density at radius 2 is 1.85 bits per heavy atom. The molecule has 0 aliphatic rings. The molecule has 0 aliphatic carbocycles. The van der Waals surface area contributed by atoms with Gasteiger partial charge in [-0.05, 0) is 42.8 Å². The Balaban J connectivity index is 2.02. The van der Waals surface area contributed by atoms with Gasteiger partial charge in [0.25, 0.3) is 0 Å². The van der Waals surface area contributed by atoms with Crippen LogP contribution < -0.4 is 15.4 Å². The first-order valence-electron chi connectivity index (χ1n) is 7.91. The second-order valence-corrected chi connectivity index (χ2v) is 6.56. The Labute approximate surface area is 163 Å². The van der Waals surface area contributed by atoms with Crippen molar-refractivity contribution in [1.29, 1.82) is 0 Å². The number of hydrogen-bond donors (Lipinski definition) is 2. The number of methoxy groups -OCH3 is 1. The molecule has 1 aromatic heterocycles. The number of rotatable bonds is 6. The zero-order valence-corrected chi connectivity index (χ0v) is 16.1. The smallest absolute Gasteiger partial charge is 0.353 e. The summed E-state index contributed by atoms with van der Waals surface area (Å²) in [6.45, 7) is 1.92. The largest absolute Gasteiger partial charge is 0.495 e. The Bertz CT molecular complexity index is 996. The molecule has 0 saturated heterocycles. The molecule has 8 nitrogen and oxygen atoms in total. The predicted molar refractivity (Wildman–Crippen MR) is 107 cm³/mol. The van der Waals surface area contributed by atoms with E-state index in [1.54, 1.807) is 18.2 Å². The van der Waals surface area contributed by atoms with Gasteiger partial charge in [-0.1, -0.05) is 28.1 Å². The molecule has 0 spiro atoms. The van der Waals surface area contributed by atoms with Gasteiger partial charge in [0.2, 0.25) is 11.6 Å². The highest BCUT2D eigenvalue weighted by molar-refractivity contribution is 9.10. The SMILES string of the molecule is COc1ccc(C)cc1Nc1ncnc(Nc2cccc(Br)c2)c1[N+](=O)[O-]. The lowest BCUT2D eigenvalue weighted by Crippen LogP contribution is -2.06. The van der Waals surface area contributed by atoms with Gasteiger partial charge >= 0.3 is 5.69 Å². The van der Waals surface area contributed by atoms with Gasteiger partial charge in [0.05, 0.1) is 17.7 Å². The highest BCUT2D eigenvalue weighted by atomic mass is 79.9. The van der Waals surface area contributed by atoms with Crippen LogP contribution in [-0.2, 0) is 0 Å². The second-order valence-electron chi connectivity index (χ2n) is 5.64. The molecular weight excluding hydrogens is 414 g/mol. The Morgan fingerprint density at radius 3 is 2.52 bits per heavy atom. The minimum atomic E-state index is -0.523. The van der Waals surface area contributed by atoms with E-state index in [2.05, 4.69) is 36.5 Å². The summed E-state index contributed by atoms with van der Waals surface area (Å²) in [5.74, 6) is 0.702. The minimum Gasteiger partial charge on any atom is -0.495 e. The molecule has 138 valence electrons. The predicted octanol–water partition coefficient (Wildman–Crippen LogP) is 4.95. The highest BCUT2D eigenvalue weighted by Crippen LogP contribution is 2.36. The summed E-state index contributed by atoms with van der Waals surface area (Å²) in [5.41, 5.74) is 1.95. The Morgan fingerprint density at radius 1 is 1.11 bits per heavy atom. The van der Waals surface area contributed by atoms with Crippen LogP contribution in [0, 0.1) is 17.0 Å². The molecule has 0 bridgehead atoms. The van der Waals surface area contributed by atoms with E-state index < -0.39 is 4.92 Å². The normalized spacial score (nSPS) is 10.3. The maximum Gasteiger partial charge on any atom is 0.353 e. The fourth-order valence-electron chi connectivity index (χ4n) is 2.48. The molecule has 0 radical (unpaired) electrons. The van der Waals surface area contributed by atoms with Crippen LogP contribution in [0.3, 0.4) is 0 Å². The third-order valence-electron chi connectivity index (χ3n) is 3.70. The molecule has 1 heterocycles. The molecule has 3 rings (SSSR count). The summed E-state index contributed by atoms with van der Waals surface area (Å²) < 4.78 is 6.16. The molecule has 9 heteroatoms. The molecular formula is C18H16BrN5O3. The summed E-state index contributed by atoms with van der Waals surface area (Å²) in [6.07, 6.45) is 1.26. The summed E-state index contributed by atoms with van der Waals surface area (Å²) >= 11 is 3.37. The van der Waals surface area contributed by atoms with Crippen LogP contribution in [0.4, 0.5) is 28.7 Å². The van der Waals surface area contributed by atoms with E-state index >= 15 is 0 Å². The summed E-state index contributed by atoms with van der Waals surface area (Å²) in [4.78, 5) is 19.3. The van der Waals surface area contributed by atoms with Crippen LogP contribution >= 0.6 is 15.9 Å². The van der Waals surface area contributed by atoms with Gasteiger partial charge < -0.3 is 15.4 Å². The Kier molecular flexibility index (Phi) is 5.51. The lowest BCUT2D eigenvalue weighted by molar-refractivity contribution is -0.383. The number of aryl methyl sites for hydroxylation is 1. The second kappa shape index (κ2) is 8.00. The van der Waals surface area contributed by atoms with Gasteiger partial charge in [-0.2, -0.15) is 0 Å². The molecule has 0 atom stereocenters. The number of anilines is 4. The maximum atomic E-state index is 11.7. The highest BCUT2D eigenvalue weighted by Gasteiger charge is 2.24. The van der Waals surface area contributed by atoms with Crippen molar-refractivity contribution in [3.63, 3.8) is 0 Å². The molecule has 0 fully saturated rings. The molecule has 2 N–H and O–H groups in total. The zero-order chi connectivity index (χ0) is 19.4.